The van der Waals surface area contributed by atoms with Crippen LogP contribution in [0.1, 0.15) is 0 Å². The lowest BCUT2D eigenvalue weighted by molar-refractivity contribution is 1.79. The van der Waals surface area contributed by atoms with Gasteiger partial charge >= 0.3 is 0 Å². The van der Waals surface area contributed by atoms with Gasteiger partial charge in [-0.05, 0) is 44.2 Å². The highest BCUT2D eigenvalue weighted by Gasteiger charge is 2.15. The minimum atomic E-state index is 0.857. The SMILES string of the molecule is Clc1c2ccccc2cc2c1sc1c(Br)c3ccccc3cc12. The molecule has 0 aliphatic heterocycles. The molecule has 0 radical (unpaired) electrons. The standard InChI is InChI=1S/C20H10BrClS/c21-17-13-7-3-1-5-11(13)9-15-16-10-12-6-2-4-8-14(12)18(22)20(16)23-19(15)17/h1-10H. The molecule has 0 bridgehead atoms. The Balaban J connectivity index is 2.08. The van der Waals surface area contributed by atoms with E-state index in [1.807, 2.05) is 6.07 Å². The minimum Gasteiger partial charge on any atom is -0.132 e. The Bertz CT molecular complexity index is 1140. The maximum Gasteiger partial charge on any atom is 0.0663 e. The van der Waals surface area contributed by atoms with Gasteiger partial charge in [-0.1, -0.05) is 60.1 Å². The summed E-state index contributed by atoms with van der Waals surface area (Å²) in [7, 11) is 0. The lowest BCUT2D eigenvalue weighted by Gasteiger charge is -2.03. The molecule has 0 unspecified atom stereocenters. The van der Waals surface area contributed by atoms with Gasteiger partial charge in [-0.15, -0.1) is 11.3 Å². The lowest BCUT2D eigenvalue weighted by Crippen LogP contribution is -1.77. The molecule has 0 aliphatic rings. The Morgan fingerprint density at radius 1 is 0.696 bits per heavy atom. The van der Waals surface area contributed by atoms with Gasteiger partial charge in [0.05, 0.1) is 14.4 Å². The molecule has 0 N–H and O–H groups in total. The highest BCUT2D eigenvalue weighted by Crippen LogP contribution is 2.46. The van der Waals surface area contributed by atoms with Crippen molar-refractivity contribution in [3.63, 3.8) is 0 Å². The first-order valence-corrected chi connectivity index (χ1v) is 9.33. The number of fused-ring (bicyclic) bond motifs is 5. The molecule has 0 spiro atoms. The average molecular weight is 398 g/mol. The number of hydrogen-bond donors (Lipinski definition) is 0. The molecule has 110 valence electrons. The number of hydrogen-bond acceptors (Lipinski definition) is 1. The molecule has 0 saturated carbocycles. The van der Waals surface area contributed by atoms with Gasteiger partial charge in [0, 0.05) is 20.6 Å². The fourth-order valence-corrected chi connectivity index (χ4v) is 5.64. The van der Waals surface area contributed by atoms with Crippen LogP contribution < -0.4 is 0 Å². The lowest BCUT2D eigenvalue weighted by atomic mass is 10.0. The summed E-state index contributed by atoms with van der Waals surface area (Å²) in [6.45, 7) is 0. The van der Waals surface area contributed by atoms with Crippen LogP contribution in [0.25, 0.3) is 41.7 Å². The summed E-state index contributed by atoms with van der Waals surface area (Å²) in [5.41, 5.74) is 0. The van der Waals surface area contributed by atoms with Gasteiger partial charge in [-0.3, -0.25) is 0 Å². The van der Waals surface area contributed by atoms with Crippen molar-refractivity contribution in [3.8, 4) is 0 Å². The van der Waals surface area contributed by atoms with Crippen LogP contribution in [0.4, 0.5) is 0 Å². The molecule has 0 aliphatic carbocycles. The topological polar surface area (TPSA) is 0 Å². The van der Waals surface area contributed by atoms with E-state index in [9.17, 15) is 0 Å². The molecule has 1 aromatic heterocycles. The van der Waals surface area contributed by atoms with Crippen LogP contribution in [0, 0.1) is 0 Å². The van der Waals surface area contributed by atoms with Gasteiger partial charge < -0.3 is 0 Å². The molecule has 5 aromatic rings. The smallest absolute Gasteiger partial charge is 0.0663 e. The summed E-state index contributed by atoms with van der Waals surface area (Å²) in [5, 5.41) is 8.16. The molecule has 0 fully saturated rings. The normalized spacial score (nSPS) is 11.9. The van der Waals surface area contributed by atoms with Crippen LogP contribution in [0.2, 0.25) is 5.02 Å². The van der Waals surface area contributed by atoms with Crippen LogP contribution in [-0.2, 0) is 0 Å². The highest BCUT2D eigenvalue weighted by molar-refractivity contribution is 9.11. The van der Waals surface area contributed by atoms with E-state index in [1.165, 1.54) is 31.6 Å². The molecule has 0 saturated heterocycles. The molecule has 1 heterocycles. The van der Waals surface area contributed by atoms with E-state index in [2.05, 4.69) is 70.5 Å². The molecule has 3 heteroatoms. The zero-order chi connectivity index (χ0) is 15.6. The third-order valence-corrected chi connectivity index (χ3v) is 7.22. The summed E-state index contributed by atoms with van der Waals surface area (Å²) >= 11 is 12.3. The third kappa shape index (κ3) is 1.89. The van der Waals surface area contributed by atoms with Crippen LogP contribution in [0.15, 0.2) is 65.1 Å². The fraction of sp³-hybridized carbons (Fsp3) is 0. The average Bonchev–Trinajstić information content (AvgIpc) is 2.95. The molecular formula is C20H10BrClS. The van der Waals surface area contributed by atoms with Gasteiger partial charge in [-0.25, -0.2) is 0 Å². The van der Waals surface area contributed by atoms with E-state index in [1.54, 1.807) is 11.3 Å². The first kappa shape index (κ1) is 13.8. The molecule has 0 nitrogen and oxygen atoms in total. The quantitative estimate of drug-likeness (QED) is 0.250. The number of benzene rings is 4. The summed E-state index contributed by atoms with van der Waals surface area (Å²) in [4.78, 5) is 0. The van der Waals surface area contributed by atoms with Gasteiger partial charge in [0.25, 0.3) is 0 Å². The summed E-state index contributed by atoms with van der Waals surface area (Å²) < 4.78 is 3.58. The number of thiophene rings is 1. The molecule has 0 atom stereocenters. The van der Waals surface area contributed by atoms with E-state index in [0.717, 1.165) is 19.6 Å². The Morgan fingerprint density at radius 2 is 1.26 bits per heavy atom. The largest absolute Gasteiger partial charge is 0.132 e. The van der Waals surface area contributed by atoms with E-state index < -0.39 is 0 Å². The van der Waals surface area contributed by atoms with Crippen LogP contribution in [0.3, 0.4) is 0 Å². The summed E-state index contributed by atoms with van der Waals surface area (Å²) in [6.07, 6.45) is 0. The van der Waals surface area contributed by atoms with Crippen molar-refractivity contribution in [2.24, 2.45) is 0 Å². The summed E-state index contributed by atoms with van der Waals surface area (Å²) in [5.74, 6) is 0. The monoisotopic (exact) mass is 396 g/mol. The fourth-order valence-electron chi connectivity index (χ4n) is 3.27. The Hall–Kier alpha value is -1.61. The molecule has 4 aromatic carbocycles. The second kappa shape index (κ2) is 4.94. The van der Waals surface area contributed by atoms with E-state index in [0.29, 0.717) is 0 Å². The third-order valence-electron chi connectivity index (χ3n) is 4.38. The van der Waals surface area contributed by atoms with E-state index >= 15 is 0 Å². The van der Waals surface area contributed by atoms with Gasteiger partial charge in [0.15, 0.2) is 0 Å². The second-order valence-electron chi connectivity index (χ2n) is 5.68. The predicted molar refractivity (Wildman–Crippen MR) is 107 cm³/mol. The van der Waals surface area contributed by atoms with Gasteiger partial charge in [-0.2, -0.15) is 0 Å². The predicted octanol–water partition coefficient (Wildman–Crippen LogP) is 7.78. The van der Waals surface area contributed by atoms with Crippen molar-refractivity contribution >= 4 is 80.6 Å². The maximum absolute atomic E-state index is 6.73. The highest BCUT2D eigenvalue weighted by atomic mass is 79.9. The van der Waals surface area contributed by atoms with Crippen LogP contribution in [-0.4, -0.2) is 0 Å². The Labute approximate surface area is 150 Å². The zero-order valence-electron chi connectivity index (χ0n) is 11.9. The molecule has 23 heavy (non-hydrogen) atoms. The second-order valence-corrected chi connectivity index (χ2v) is 7.87. The van der Waals surface area contributed by atoms with Gasteiger partial charge in [0.1, 0.15) is 0 Å². The van der Waals surface area contributed by atoms with Crippen molar-refractivity contribution in [1.29, 1.82) is 0 Å². The molecular weight excluding hydrogens is 388 g/mol. The van der Waals surface area contributed by atoms with Crippen molar-refractivity contribution < 1.29 is 0 Å². The van der Waals surface area contributed by atoms with Crippen molar-refractivity contribution in [2.75, 3.05) is 0 Å². The van der Waals surface area contributed by atoms with Crippen LogP contribution >= 0.6 is 38.9 Å². The Morgan fingerprint density at radius 3 is 2.00 bits per heavy atom. The minimum absolute atomic E-state index is 0.857. The van der Waals surface area contributed by atoms with E-state index in [4.69, 9.17) is 11.6 Å². The van der Waals surface area contributed by atoms with E-state index in [-0.39, 0.29) is 0 Å². The summed E-state index contributed by atoms with van der Waals surface area (Å²) in [6, 6.07) is 21.3. The van der Waals surface area contributed by atoms with Crippen molar-refractivity contribution in [2.45, 2.75) is 0 Å². The number of rotatable bonds is 0. The van der Waals surface area contributed by atoms with Crippen molar-refractivity contribution in [1.82, 2.24) is 0 Å². The first-order valence-electron chi connectivity index (χ1n) is 7.35. The molecule has 0 amide bonds. The van der Waals surface area contributed by atoms with Crippen molar-refractivity contribution in [3.05, 3.63) is 70.2 Å². The molecule has 5 rings (SSSR count). The zero-order valence-corrected chi connectivity index (χ0v) is 15.1. The van der Waals surface area contributed by atoms with Gasteiger partial charge in [0.2, 0.25) is 0 Å². The first-order chi connectivity index (χ1) is 11.2. The Kier molecular flexibility index (Phi) is 2.96. The number of halogens is 2. The maximum atomic E-state index is 6.73. The van der Waals surface area contributed by atoms with Crippen LogP contribution in [0.5, 0.6) is 0 Å².